The summed E-state index contributed by atoms with van der Waals surface area (Å²) in [5.41, 5.74) is 2.43. The quantitative estimate of drug-likeness (QED) is 0.904. The van der Waals surface area contributed by atoms with Crippen molar-refractivity contribution in [2.24, 2.45) is 7.05 Å². The number of aryl methyl sites for hydroxylation is 2. The first kappa shape index (κ1) is 15.4. The largest absolute Gasteiger partial charge is 0.488 e. The van der Waals surface area contributed by atoms with Crippen LogP contribution in [-0.2, 0) is 13.7 Å². The van der Waals surface area contributed by atoms with Crippen molar-refractivity contribution in [3.63, 3.8) is 0 Å². The molecule has 1 heterocycles. The molecule has 1 aromatic carbocycles. The maximum atomic E-state index is 9.80. The molecule has 2 aromatic rings. The summed E-state index contributed by atoms with van der Waals surface area (Å²) in [6.07, 6.45) is -0.604. The molecule has 108 valence electrons. The van der Waals surface area contributed by atoms with Gasteiger partial charge in [-0.1, -0.05) is 27.5 Å². The number of benzene rings is 1. The standard InChI is InChI=1S/C14H16BrClN2O2/c1-8-12(14(16)18(3)17-8)7-20-13-5-4-10(15)6-11(13)9(2)19/h4-6,9,19H,7H2,1-3H3. The first-order valence-corrected chi connectivity index (χ1v) is 7.35. The summed E-state index contributed by atoms with van der Waals surface area (Å²) in [7, 11) is 1.79. The summed E-state index contributed by atoms with van der Waals surface area (Å²) in [6.45, 7) is 3.92. The minimum absolute atomic E-state index is 0.319. The molecule has 0 amide bonds. The van der Waals surface area contributed by atoms with Gasteiger partial charge in [0.25, 0.3) is 0 Å². The second kappa shape index (κ2) is 6.16. The number of ether oxygens (including phenoxy) is 1. The Labute approximate surface area is 131 Å². The molecule has 0 aliphatic rings. The van der Waals surface area contributed by atoms with Crippen molar-refractivity contribution in [3.05, 3.63) is 44.6 Å². The molecular weight excluding hydrogens is 344 g/mol. The first-order chi connectivity index (χ1) is 9.40. The van der Waals surface area contributed by atoms with Gasteiger partial charge in [0.1, 0.15) is 17.5 Å². The minimum atomic E-state index is -0.604. The van der Waals surface area contributed by atoms with Crippen LogP contribution in [0.5, 0.6) is 5.75 Å². The van der Waals surface area contributed by atoms with E-state index in [2.05, 4.69) is 21.0 Å². The van der Waals surface area contributed by atoms with E-state index < -0.39 is 6.10 Å². The van der Waals surface area contributed by atoms with E-state index in [-0.39, 0.29) is 0 Å². The topological polar surface area (TPSA) is 47.3 Å². The summed E-state index contributed by atoms with van der Waals surface area (Å²) in [6, 6.07) is 5.54. The highest BCUT2D eigenvalue weighted by molar-refractivity contribution is 9.10. The van der Waals surface area contributed by atoms with Crippen LogP contribution in [0.15, 0.2) is 22.7 Å². The Morgan fingerprint density at radius 1 is 1.50 bits per heavy atom. The summed E-state index contributed by atoms with van der Waals surface area (Å²) in [5.74, 6) is 0.641. The molecule has 2 rings (SSSR count). The van der Waals surface area contributed by atoms with Crippen molar-refractivity contribution < 1.29 is 9.84 Å². The summed E-state index contributed by atoms with van der Waals surface area (Å²) in [4.78, 5) is 0. The third-order valence-electron chi connectivity index (χ3n) is 3.06. The van der Waals surface area contributed by atoms with Crippen LogP contribution in [0.2, 0.25) is 5.15 Å². The van der Waals surface area contributed by atoms with Crippen LogP contribution < -0.4 is 4.74 Å². The zero-order valence-electron chi connectivity index (χ0n) is 11.5. The molecule has 0 fully saturated rings. The van der Waals surface area contributed by atoms with Crippen molar-refractivity contribution in [1.82, 2.24) is 9.78 Å². The van der Waals surface area contributed by atoms with Gasteiger partial charge in [0, 0.05) is 22.6 Å². The van der Waals surface area contributed by atoms with E-state index >= 15 is 0 Å². The van der Waals surface area contributed by atoms with Gasteiger partial charge in [0.15, 0.2) is 0 Å². The maximum Gasteiger partial charge on any atom is 0.133 e. The summed E-state index contributed by atoms with van der Waals surface area (Å²) >= 11 is 9.56. The van der Waals surface area contributed by atoms with Crippen LogP contribution in [-0.4, -0.2) is 14.9 Å². The van der Waals surface area contributed by atoms with Gasteiger partial charge in [-0.2, -0.15) is 5.10 Å². The fourth-order valence-electron chi connectivity index (χ4n) is 1.97. The van der Waals surface area contributed by atoms with Crippen LogP contribution in [0, 0.1) is 6.92 Å². The zero-order valence-corrected chi connectivity index (χ0v) is 13.9. The molecule has 6 heteroatoms. The number of aromatic nitrogens is 2. The van der Waals surface area contributed by atoms with E-state index in [4.69, 9.17) is 16.3 Å². The van der Waals surface area contributed by atoms with E-state index in [0.717, 1.165) is 21.3 Å². The Morgan fingerprint density at radius 2 is 2.20 bits per heavy atom. The number of hydrogen-bond acceptors (Lipinski definition) is 3. The van der Waals surface area contributed by atoms with Gasteiger partial charge in [-0.15, -0.1) is 0 Å². The highest BCUT2D eigenvalue weighted by atomic mass is 79.9. The molecule has 20 heavy (non-hydrogen) atoms. The molecule has 0 bridgehead atoms. The Balaban J connectivity index is 2.23. The molecule has 0 aliphatic carbocycles. The van der Waals surface area contributed by atoms with E-state index in [1.54, 1.807) is 18.7 Å². The van der Waals surface area contributed by atoms with Gasteiger partial charge >= 0.3 is 0 Å². The van der Waals surface area contributed by atoms with E-state index in [0.29, 0.717) is 17.5 Å². The van der Waals surface area contributed by atoms with Crippen molar-refractivity contribution >= 4 is 27.5 Å². The van der Waals surface area contributed by atoms with E-state index in [1.165, 1.54) is 0 Å². The number of halogens is 2. The fraction of sp³-hybridized carbons (Fsp3) is 0.357. The molecule has 0 saturated carbocycles. The average Bonchev–Trinajstić information content (AvgIpc) is 2.62. The lowest BCUT2D eigenvalue weighted by molar-refractivity contribution is 0.190. The Hall–Kier alpha value is -1.04. The first-order valence-electron chi connectivity index (χ1n) is 6.18. The summed E-state index contributed by atoms with van der Waals surface area (Å²) < 4.78 is 8.31. The number of aliphatic hydroxyl groups excluding tert-OH is 1. The van der Waals surface area contributed by atoms with Gasteiger partial charge in [-0.05, 0) is 32.0 Å². The van der Waals surface area contributed by atoms with Crippen molar-refractivity contribution in [2.45, 2.75) is 26.6 Å². The summed E-state index contributed by atoms with van der Waals surface area (Å²) in [5, 5.41) is 14.6. The van der Waals surface area contributed by atoms with E-state index in [9.17, 15) is 5.11 Å². The van der Waals surface area contributed by atoms with Gasteiger partial charge in [0.05, 0.1) is 11.8 Å². The van der Waals surface area contributed by atoms with E-state index in [1.807, 2.05) is 25.1 Å². The van der Waals surface area contributed by atoms with Gasteiger partial charge in [-0.25, -0.2) is 0 Å². The lowest BCUT2D eigenvalue weighted by Crippen LogP contribution is -2.02. The number of aliphatic hydroxyl groups is 1. The second-order valence-electron chi connectivity index (χ2n) is 4.63. The number of rotatable bonds is 4. The van der Waals surface area contributed by atoms with Crippen LogP contribution in [0.1, 0.15) is 29.8 Å². The van der Waals surface area contributed by atoms with Crippen LogP contribution in [0.3, 0.4) is 0 Å². The molecule has 0 radical (unpaired) electrons. The lowest BCUT2D eigenvalue weighted by Gasteiger charge is -2.14. The Morgan fingerprint density at radius 3 is 2.75 bits per heavy atom. The maximum absolute atomic E-state index is 9.80. The minimum Gasteiger partial charge on any atom is -0.488 e. The predicted molar refractivity (Wildman–Crippen MR) is 82.1 cm³/mol. The van der Waals surface area contributed by atoms with Crippen molar-refractivity contribution in [1.29, 1.82) is 0 Å². The number of nitrogens with zero attached hydrogens (tertiary/aromatic N) is 2. The van der Waals surface area contributed by atoms with Gasteiger partial charge in [0.2, 0.25) is 0 Å². The van der Waals surface area contributed by atoms with Crippen LogP contribution >= 0.6 is 27.5 Å². The number of hydrogen-bond donors (Lipinski definition) is 1. The third kappa shape index (κ3) is 3.16. The smallest absolute Gasteiger partial charge is 0.133 e. The molecule has 1 atom stereocenters. The zero-order chi connectivity index (χ0) is 14.9. The average molecular weight is 360 g/mol. The molecule has 1 unspecified atom stereocenters. The van der Waals surface area contributed by atoms with Crippen LogP contribution in [0.25, 0.3) is 0 Å². The van der Waals surface area contributed by atoms with Crippen molar-refractivity contribution in [3.8, 4) is 5.75 Å². The third-order valence-corrected chi connectivity index (χ3v) is 4.03. The highest BCUT2D eigenvalue weighted by Crippen LogP contribution is 2.30. The molecule has 0 spiro atoms. The monoisotopic (exact) mass is 358 g/mol. The SMILES string of the molecule is Cc1nn(C)c(Cl)c1COc1ccc(Br)cc1C(C)O. The fourth-order valence-corrected chi connectivity index (χ4v) is 2.57. The lowest BCUT2D eigenvalue weighted by atomic mass is 10.1. The molecule has 1 N–H and O–H groups in total. The predicted octanol–water partition coefficient (Wildman–Crippen LogP) is 3.78. The van der Waals surface area contributed by atoms with Crippen LogP contribution in [0.4, 0.5) is 0 Å². The second-order valence-corrected chi connectivity index (χ2v) is 5.90. The Bertz CT molecular complexity index is 626. The molecular formula is C14H16BrClN2O2. The molecule has 1 aromatic heterocycles. The normalized spacial score (nSPS) is 12.5. The molecule has 0 aliphatic heterocycles. The van der Waals surface area contributed by atoms with Crippen molar-refractivity contribution in [2.75, 3.05) is 0 Å². The molecule has 0 saturated heterocycles. The highest BCUT2D eigenvalue weighted by Gasteiger charge is 2.14. The molecule has 4 nitrogen and oxygen atoms in total. The van der Waals surface area contributed by atoms with Gasteiger partial charge in [-0.3, -0.25) is 4.68 Å². The Kier molecular flexibility index (Phi) is 4.73. The van der Waals surface area contributed by atoms with Gasteiger partial charge < -0.3 is 9.84 Å².